The summed E-state index contributed by atoms with van der Waals surface area (Å²) >= 11 is 0. The Hall–Kier alpha value is -1.33. The van der Waals surface area contributed by atoms with Gasteiger partial charge >= 0.3 is 5.97 Å². The van der Waals surface area contributed by atoms with E-state index in [0.29, 0.717) is 13.0 Å². The molecule has 0 saturated carbocycles. The lowest BCUT2D eigenvalue weighted by Crippen LogP contribution is -2.59. The van der Waals surface area contributed by atoms with Gasteiger partial charge < -0.3 is 39.4 Å². The number of aliphatic hydroxyl groups excluding tert-OH is 4. The highest BCUT2D eigenvalue weighted by Crippen LogP contribution is 2.23. The summed E-state index contributed by atoms with van der Waals surface area (Å²) in [6.07, 6.45) is 43.6. The first-order chi connectivity index (χ1) is 29.4. The molecule has 0 aliphatic carbocycles. The molecule has 1 saturated heterocycles. The van der Waals surface area contributed by atoms with Crippen molar-refractivity contribution < 1.29 is 44.2 Å². The predicted octanol–water partition coefficient (Wildman–Crippen LogP) is 12.1. The minimum atomic E-state index is -1.54. The number of hydrogen-bond acceptors (Lipinski definition) is 9. The highest BCUT2D eigenvalue weighted by atomic mass is 16.7. The van der Waals surface area contributed by atoms with Gasteiger partial charge in [-0.3, -0.25) is 4.79 Å². The van der Waals surface area contributed by atoms with Gasteiger partial charge in [-0.2, -0.15) is 0 Å². The van der Waals surface area contributed by atoms with Gasteiger partial charge in [0.1, 0.15) is 30.5 Å². The summed E-state index contributed by atoms with van der Waals surface area (Å²) in [5, 5.41) is 40.2. The molecule has 0 spiro atoms. The van der Waals surface area contributed by atoms with Crippen molar-refractivity contribution in [1.29, 1.82) is 0 Å². The number of carbonyl (C=O) groups excluding carboxylic acids is 1. The molecule has 0 aromatic carbocycles. The zero-order chi connectivity index (χ0) is 43.6. The molecule has 60 heavy (non-hydrogen) atoms. The zero-order valence-corrected chi connectivity index (χ0v) is 39.0. The average molecular weight is 853 g/mol. The van der Waals surface area contributed by atoms with Crippen molar-refractivity contribution in [3.8, 4) is 0 Å². The maximum Gasteiger partial charge on any atom is 0.306 e. The summed E-state index contributed by atoms with van der Waals surface area (Å²) in [4.78, 5) is 12.8. The maximum absolute atomic E-state index is 12.8. The lowest BCUT2D eigenvalue weighted by atomic mass is 9.99. The van der Waals surface area contributed by atoms with Gasteiger partial charge in [0.25, 0.3) is 0 Å². The summed E-state index contributed by atoms with van der Waals surface area (Å²) in [6.45, 7) is 4.56. The number of carbonyl (C=O) groups is 1. The molecule has 0 radical (unpaired) electrons. The fraction of sp³-hybridized carbons (Fsp3) is 0.902. The first-order valence-corrected chi connectivity index (χ1v) is 25.4. The molecular formula is C51H96O9. The summed E-state index contributed by atoms with van der Waals surface area (Å²) in [7, 11) is 0. The topological polar surface area (TPSA) is 135 Å². The van der Waals surface area contributed by atoms with E-state index in [2.05, 4.69) is 38.2 Å². The Morgan fingerprint density at radius 3 is 1.37 bits per heavy atom. The summed E-state index contributed by atoms with van der Waals surface area (Å²) < 4.78 is 22.9. The van der Waals surface area contributed by atoms with Crippen LogP contribution in [0.5, 0.6) is 0 Å². The van der Waals surface area contributed by atoms with Crippen molar-refractivity contribution >= 4 is 5.97 Å². The van der Waals surface area contributed by atoms with Crippen molar-refractivity contribution in [2.24, 2.45) is 0 Å². The minimum Gasteiger partial charge on any atom is -0.457 e. The number of ether oxygens (including phenoxy) is 4. The molecule has 1 heterocycles. The molecular weight excluding hydrogens is 757 g/mol. The second kappa shape index (κ2) is 42.9. The first-order valence-electron chi connectivity index (χ1n) is 25.4. The lowest BCUT2D eigenvalue weighted by Gasteiger charge is -2.39. The molecule has 6 unspecified atom stereocenters. The molecule has 9 heteroatoms. The SMILES string of the molecule is CCCCCC/C=C\CCCCCCCC(=O)OC(COCCCCCCCCCCCCCC/C=C\CCCCCCCCCC)COC1OC(CO)C(O)C(O)C1O. The van der Waals surface area contributed by atoms with Crippen LogP contribution in [0.4, 0.5) is 0 Å². The van der Waals surface area contributed by atoms with E-state index in [9.17, 15) is 25.2 Å². The fourth-order valence-electron chi connectivity index (χ4n) is 7.84. The molecule has 6 atom stereocenters. The van der Waals surface area contributed by atoms with E-state index in [1.807, 2.05) is 0 Å². The monoisotopic (exact) mass is 853 g/mol. The Labute approximate surface area is 368 Å². The molecule has 4 N–H and O–H groups in total. The van der Waals surface area contributed by atoms with E-state index in [-0.39, 0.29) is 19.2 Å². The Morgan fingerprint density at radius 2 is 0.917 bits per heavy atom. The van der Waals surface area contributed by atoms with Crippen LogP contribution in [0.2, 0.25) is 0 Å². The van der Waals surface area contributed by atoms with E-state index in [0.717, 1.165) is 44.9 Å². The normalized spacial score (nSPS) is 20.1. The van der Waals surface area contributed by atoms with Crippen molar-refractivity contribution in [2.45, 2.75) is 269 Å². The quantitative estimate of drug-likeness (QED) is 0.0268. The molecule has 0 aromatic rings. The van der Waals surface area contributed by atoms with Gasteiger partial charge in [0.15, 0.2) is 6.29 Å². The van der Waals surface area contributed by atoms with Gasteiger partial charge in [0.05, 0.1) is 19.8 Å². The number of hydrogen-bond donors (Lipinski definition) is 4. The number of esters is 1. The van der Waals surface area contributed by atoms with Crippen molar-refractivity contribution in [3.05, 3.63) is 24.3 Å². The third-order valence-electron chi connectivity index (χ3n) is 11.8. The van der Waals surface area contributed by atoms with Crippen LogP contribution in [0.3, 0.4) is 0 Å². The van der Waals surface area contributed by atoms with Gasteiger partial charge in [-0.15, -0.1) is 0 Å². The van der Waals surface area contributed by atoms with Crippen LogP contribution >= 0.6 is 0 Å². The van der Waals surface area contributed by atoms with E-state index >= 15 is 0 Å². The van der Waals surface area contributed by atoms with Crippen LogP contribution in [0.15, 0.2) is 24.3 Å². The Morgan fingerprint density at radius 1 is 0.517 bits per heavy atom. The molecule has 0 aromatic heterocycles. The summed E-state index contributed by atoms with van der Waals surface area (Å²) in [6, 6.07) is 0. The van der Waals surface area contributed by atoms with Crippen molar-refractivity contribution in [3.63, 3.8) is 0 Å². The zero-order valence-electron chi connectivity index (χ0n) is 39.0. The van der Waals surface area contributed by atoms with E-state index in [4.69, 9.17) is 18.9 Å². The second-order valence-electron chi connectivity index (χ2n) is 17.6. The van der Waals surface area contributed by atoms with Crippen LogP contribution in [-0.4, -0.2) is 89.6 Å². The van der Waals surface area contributed by atoms with Crippen LogP contribution < -0.4 is 0 Å². The van der Waals surface area contributed by atoms with Gasteiger partial charge in [0.2, 0.25) is 0 Å². The highest BCUT2D eigenvalue weighted by Gasteiger charge is 2.44. The van der Waals surface area contributed by atoms with Gasteiger partial charge in [-0.05, 0) is 64.2 Å². The average Bonchev–Trinajstić information content (AvgIpc) is 3.25. The first kappa shape index (κ1) is 56.7. The van der Waals surface area contributed by atoms with Gasteiger partial charge in [-0.1, -0.05) is 186 Å². The molecule has 9 nitrogen and oxygen atoms in total. The van der Waals surface area contributed by atoms with E-state index in [1.165, 1.54) is 167 Å². The Balaban J connectivity index is 2.16. The van der Waals surface area contributed by atoms with Crippen LogP contribution in [0.25, 0.3) is 0 Å². The summed E-state index contributed by atoms with van der Waals surface area (Å²) in [5.74, 6) is -0.320. The molecule has 1 aliphatic rings. The van der Waals surface area contributed by atoms with E-state index < -0.39 is 43.4 Å². The molecule has 1 fully saturated rings. The largest absolute Gasteiger partial charge is 0.457 e. The molecule has 1 aliphatic heterocycles. The second-order valence-corrected chi connectivity index (χ2v) is 17.6. The Bertz CT molecular complexity index is 972. The van der Waals surface area contributed by atoms with Crippen LogP contribution in [0.1, 0.15) is 232 Å². The molecule has 1 rings (SSSR count). The standard InChI is InChI=1S/C51H96O9/c1-3-5-7-9-11-13-15-17-18-19-20-21-22-23-24-25-26-27-29-31-33-35-37-39-41-57-43-45(44-58-51-50(56)49(55)48(54)46(42-52)60-51)59-47(53)40-38-36-34-32-30-28-16-14-12-10-8-6-4-2/h14,16,19-20,45-46,48-52,54-56H,3-13,15,17-18,21-44H2,1-2H3/b16-14-,20-19-. The highest BCUT2D eigenvalue weighted by molar-refractivity contribution is 5.69. The van der Waals surface area contributed by atoms with Crippen molar-refractivity contribution in [1.82, 2.24) is 0 Å². The molecule has 0 amide bonds. The van der Waals surface area contributed by atoms with Crippen molar-refractivity contribution in [2.75, 3.05) is 26.4 Å². The lowest BCUT2D eigenvalue weighted by molar-refractivity contribution is -0.305. The number of allylic oxidation sites excluding steroid dienone is 4. The van der Waals surface area contributed by atoms with Gasteiger partial charge in [0, 0.05) is 13.0 Å². The van der Waals surface area contributed by atoms with Crippen LogP contribution in [-0.2, 0) is 23.7 Å². The number of aliphatic hydroxyl groups is 4. The molecule has 0 bridgehead atoms. The maximum atomic E-state index is 12.8. The predicted molar refractivity (Wildman–Crippen MR) is 247 cm³/mol. The van der Waals surface area contributed by atoms with E-state index in [1.54, 1.807) is 0 Å². The van der Waals surface area contributed by atoms with Gasteiger partial charge in [-0.25, -0.2) is 0 Å². The number of unbranched alkanes of at least 4 members (excludes halogenated alkanes) is 29. The number of rotatable bonds is 44. The third kappa shape index (κ3) is 33.3. The fourth-order valence-corrected chi connectivity index (χ4v) is 7.84. The minimum absolute atomic E-state index is 0.114. The Kier molecular flexibility index (Phi) is 40.6. The van der Waals surface area contributed by atoms with Crippen LogP contribution in [0, 0.1) is 0 Å². The molecule has 354 valence electrons. The smallest absolute Gasteiger partial charge is 0.306 e. The summed E-state index contributed by atoms with van der Waals surface area (Å²) in [5.41, 5.74) is 0. The third-order valence-corrected chi connectivity index (χ3v) is 11.8.